The summed E-state index contributed by atoms with van der Waals surface area (Å²) >= 11 is 1.50. The molecule has 4 nitrogen and oxygen atoms in total. The zero-order valence-electron chi connectivity index (χ0n) is 16.6. The van der Waals surface area contributed by atoms with Crippen molar-refractivity contribution in [3.05, 3.63) is 52.6 Å². The summed E-state index contributed by atoms with van der Waals surface area (Å²) in [6.45, 7) is 10.4. The molecular formula is C22H26N2O2S. The molecule has 0 spiro atoms. The number of aromatic nitrogens is 1. The van der Waals surface area contributed by atoms with Crippen molar-refractivity contribution in [3.8, 4) is 5.75 Å². The molecule has 27 heavy (non-hydrogen) atoms. The van der Waals surface area contributed by atoms with Crippen LogP contribution >= 0.6 is 11.3 Å². The van der Waals surface area contributed by atoms with Crippen molar-refractivity contribution < 1.29 is 9.53 Å². The minimum Gasteiger partial charge on any atom is -0.483 e. The first kappa shape index (κ1) is 19.4. The predicted molar refractivity (Wildman–Crippen MR) is 113 cm³/mol. The Morgan fingerprint density at radius 1 is 1.19 bits per heavy atom. The first-order valence-electron chi connectivity index (χ1n) is 9.29. The van der Waals surface area contributed by atoms with Gasteiger partial charge in [0, 0.05) is 0 Å². The van der Waals surface area contributed by atoms with Crippen LogP contribution in [0.15, 0.2) is 30.3 Å². The number of nitrogens with one attached hydrogen (secondary N) is 1. The molecule has 0 saturated heterocycles. The third kappa shape index (κ3) is 4.30. The van der Waals surface area contributed by atoms with Gasteiger partial charge in [-0.2, -0.15) is 0 Å². The summed E-state index contributed by atoms with van der Waals surface area (Å²) in [5, 5.41) is 3.47. The Hall–Kier alpha value is -2.40. The van der Waals surface area contributed by atoms with Gasteiger partial charge in [0.15, 0.2) is 11.7 Å². The summed E-state index contributed by atoms with van der Waals surface area (Å²) in [7, 11) is 0. The first-order chi connectivity index (χ1) is 12.9. The largest absolute Gasteiger partial charge is 0.483 e. The van der Waals surface area contributed by atoms with Crippen LogP contribution in [0.2, 0.25) is 0 Å². The lowest BCUT2D eigenvalue weighted by Crippen LogP contribution is -2.20. The molecule has 0 radical (unpaired) electrons. The van der Waals surface area contributed by atoms with Crippen molar-refractivity contribution in [1.82, 2.24) is 4.98 Å². The Morgan fingerprint density at radius 2 is 1.93 bits per heavy atom. The van der Waals surface area contributed by atoms with E-state index in [4.69, 9.17) is 4.74 Å². The molecule has 1 aromatic heterocycles. The van der Waals surface area contributed by atoms with E-state index >= 15 is 0 Å². The van der Waals surface area contributed by atoms with E-state index in [1.807, 2.05) is 32.9 Å². The van der Waals surface area contributed by atoms with Crippen LogP contribution in [0.1, 0.15) is 48.4 Å². The highest BCUT2D eigenvalue weighted by Crippen LogP contribution is 2.30. The standard InChI is InChI=1S/C22H26N2O2S/c1-6-13(2)17-9-10-18-19(11-17)27-22(23-18)24-20(25)12-26-21-15(4)8-7-14(3)16(21)5/h7-11,13H,6,12H2,1-5H3,(H,23,24,25). The van der Waals surface area contributed by atoms with Gasteiger partial charge in [0.25, 0.3) is 5.91 Å². The summed E-state index contributed by atoms with van der Waals surface area (Å²) in [6, 6.07) is 10.4. The van der Waals surface area contributed by atoms with Gasteiger partial charge in [-0.1, -0.05) is 43.4 Å². The molecule has 0 saturated carbocycles. The number of thiazole rings is 1. The average molecular weight is 383 g/mol. The van der Waals surface area contributed by atoms with Crippen molar-refractivity contribution in [2.45, 2.75) is 47.0 Å². The highest BCUT2D eigenvalue weighted by molar-refractivity contribution is 7.22. The van der Waals surface area contributed by atoms with Crippen molar-refractivity contribution in [2.24, 2.45) is 0 Å². The monoisotopic (exact) mass is 382 g/mol. The zero-order valence-corrected chi connectivity index (χ0v) is 17.4. The normalized spacial score (nSPS) is 12.2. The Kier molecular flexibility index (Phi) is 5.80. The minimum atomic E-state index is -0.198. The van der Waals surface area contributed by atoms with E-state index in [-0.39, 0.29) is 12.5 Å². The number of aryl methyl sites for hydroxylation is 2. The van der Waals surface area contributed by atoms with E-state index in [1.54, 1.807) is 0 Å². The summed E-state index contributed by atoms with van der Waals surface area (Å²) in [5.41, 5.74) is 5.47. The van der Waals surface area contributed by atoms with Gasteiger partial charge in [-0.3, -0.25) is 10.1 Å². The molecule has 0 aliphatic rings. The Morgan fingerprint density at radius 3 is 2.67 bits per heavy atom. The Bertz CT molecular complexity index is 978. The summed E-state index contributed by atoms with van der Waals surface area (Å²) in [4.78, 5) is 16.8. The molecule has 142 valence electrons. The van der Waals surface area contributed by atoms with Gasteiger partial charge in [-0.05, 0) is 67.5 Å². The number of hydrogen-bond acceptors (Lipinski definition) is 4. The van der Waals surface area contributed by atoms with Crippen LogP contribution in [0, 0.1) is 20.8 Å². The molecule has 1 heterocycles. The van der Waals surface area contributed by atoms with E-state index in [0.717, 1.165) is 39.1 Å². The van der Waals surface area contributed by atoms with Crippen LogP contribution in [-0.4, -0.2) is 17.5 Å². The number of ether oxygens (including phenoxy) is 1. The molecule has 2 aromatic carbocycles. The van der Waals surface area contributed by atoms with Crippen LogP contribution in [-0.2, 0) is 4.79 Å². The van der Waals surface area contributed by atoms with Crippen LogP contribution in [0.3, 0.4) is 0 Å². The number of carbonyl (C=O) groups is 1. The zero-order chi connectivity index (χ0) is 19.6. The summed E-state index contributed by atoms with van der Waals surface area (Å²) in [6.07, 6.45) is 1.10. The highest BCUT2D eigenvalue weighted by atomic mass is 32.1. The fourth-order valence-corrected chi connectivity index (χ4v) is 3.91. The third-order valence-electron chi connectivity index (χ3n) is 5.06. The van der Waals surface area contributed by atoms with E-state index in [1.165, 1.54) is 16.9 Å². The summed E-state index contributed by atoms with van der Waals surface area (Å²) in [5.74, 6) is 1.10. The number of nitrogens with zero attached hydrogens (tertiary/aromatic N) is 1. The molecule has 1 atom stereocenters. The third-order valence-corrected chi connectivity index (χ3v) is 6.00. The van der Waals surface area contributed by atoms with Gasteiger partial charge in [-0.25, -0.2) is 4.98 Å². The Labute approximate surface area is 164 Å². The topological polar surface area (TPSA) is 51.2 Å². The lowest BCUT2D eigenvalue weighted by molar-refractivity contribution is -0.118. The molecule has 3 aromatic rings. The average Bonchev–Trinajstić information content (AvgIpc) is 3.05. The smallest absolute Gasteiger partial charge is 0.264 e. The van der Waals surface area contributed by atoms with Crippen LogP contribution in [0.5, 0.6) is 5.75 Å². The molecule has 5 heteroatoms. The fourth-order valence-electron chi connectivity index (χ4n) is 2.98. The molecule has 1 unspecified atom stereocenters. The number of carbonyl (C=O) groups excluding carboxylic acids is 1. The molecular weight excluding hydrogens is 356 g/mol. The molecule has 1 amide bonds. The van der Waals surface area contributed by atoms with E-state index in [9.17, 15) is 4.79 Å². The number of hydrogen-bond donors (Lipinski definition) is 1. The molecule has 3 rings (SSSR count). The van der Waals surface area contributed by atoms with Gasteiger partial charge in [0.05, 0.1) is 10.2 Å². The van der Waals surface area contributed by atoms with Gasteiger partial charge >= 0.3 is 0 Å². The SMILES string of the molecule is CCC(C)c1ccc2nc(NC(=O)COc3c(C)ccc(C)c3C)sc2c1. The second-order valence-electron chi connectivity index (χ2n) is 7.05. The lowest BCUT2D eigenvalue weighted by Gasteiger charge is -2.13. The van der Waals surface area contributed by atoms with Crippen LogP contribution in [0.25, 0.3) is 10.2 Å². The van der Waals surface area contributed by atoms with E-state index in [0.29, 0.717) is 11.0 Å². The van der Waals surface area contributed by atoms with Gasteiger partial charge in [0.2, 0.25) is 0 Å². The van der Waals surface area contributed by atoms with Crippen molar-refractivity contribution in [3.63, 3.8) is 0 Å². The fraction of sp³-hybridized carbons (Fsp3) is 0.364. The maximum atomic E-state index is 12.3. The molecule has 0 aliphatic carbocycles. The van der Waals surface area contributed by atoms with Crippen LogP contribution in [0.4, 0.5) is 5.13 Å². The quantitative estimate of drug-likeness (QED) is 0.590. The van der Waals surface area contributed by atoms with Crippen molar-refractivity contribution in [1.29, 1.82) is 0 Å². The van der Waals surface area contributed by atoms with Crippen molar-refractivity contribution in [2.75, 3.05) is 11.9 Å². The number of anilines is 1. The lowest BCUT2D eigenvalue weighted by atomic mass is 9.99. The maximum absolute atomic E-state index is 12.3. The van der Waals surface area contributed by atoms with Gasteiger partial charge in [-0.15, -0.1) is 0 Å². The number of benzene rings is 2. The predicted octanol–water partition coefficient (Wildman–Crippen LogP) is 5.75. The van der Waals surface area contributed by atoms with Gasteiger partial charge < -0.3 is 4.74 Å². The maximum Gasteiger partial charge on any atom is 0.264 e. The highest BCUT2D eigenvalue weighted by Gasteiger charge is 2.12. The summed E-state index contributed by atoms with van der Waals surface area (Å²) < 4.78 is 6.88. The molecule has 0 aliphatic heterocycles. The van der Waals surface area contributed by atoms with Crippen molar-refractivity contribution >= 4 is 32.6 Å². The molecule has 1 N–H and O–H groups in total. The second kappa shape index (κ2) is 8.09. The second-order valence-corrected chi connectivity index (χ2v) is 8.08. The van der Waals surface area contributed by atoms with Crippen LogP contribution < -0.4 is 10.1 Å². The van der Waals surface area contributed by atoms with E-state index in [2.05, 4.69) is 42.3 Å². The molecule has 0 bridgehead atoms. The first-order valence-corrected chi connectivity index (χ1v) is 10.1. The Balaban J connectivity index is 1.68. The minimum absolute atomic E-state index is 0.0286. The molecule has 0 fully saturated rings. The number of amides is 1. The van der Waals surface area contributed by atoms with Gasteiger partial charge in [0.1, 0.15) is 5.75 Å². The number of fused-ring (bicyclic) bond motifs is 1. The number of rotatable bonds is 6. The van der Waals surface area contributed by atoms with E-state index < -0.39 is 0 Å².